The number of nitrogens with zero attached hydrogens (tertiary/aromatic N) is 1. The van der Waals surface area contributed by atoms with Crippen molar-refractivity contribution in [2.75, 3.05) is 6.61 Å². The van der Waals surface area contributed by atoms with Crippen LogP contribution < -0.4 is 0 Å². The smallest absolute Gasteiger partial charge is 0.325 e. The third-order valence-corrected chi connectivity index (χ3v) is 2.19. The van der Waals surface area contributed by atoms with Gasteiger partial charge in [-0.15, -0.1) is 0 Å². The Hall–Kier alpha value is -1.77. The first-order valence-corrected chi connectivity index (χ1v) is 4.92. The summed E-state index contributed by atoms with van der Waals surface area (Å²) in [4.78, 5) is 11.3. The minimum atomic E-state index is -0.216. The molecule has 0 atom stereocenters. The van der Waals surface area contributed by atoms with Crippen molar-refractivity contribution in [1.82, 2.24) is 4.57 Å². The molecule has 0 N–H and O–H groups in total. The van der Waals surface area contributed by atoms with E-state index in [9.17, 15) is 4.79 Å². The molecular formula is C12H12NO2. The van der Waals surface area contributed by atoms with Gasteiger partial charge in [0.25, 0.3) is 0 Å². The number of ether oxygens (including phenoxy) is 1. The number of hydrogen-bond donors (Lipinski definition) is 0. The molecule has 15 heavy (non-hydrogen) atoms. The molecule has 3 heteroatoms. The van der Waals surface area contributed by atoms with E-state index < -0.39 is 0 Å². The summed E-state index contributed by atoms with van der Waals surface area (Å²) in [5.41, 5.74) is 1.01. The maximum atomic E-state index is 11.3. The monoisotopic (exact) mass is 202 g/mol. The Bertz CT molecular complexity index is 473. The summed E-state index contributed by atoms with van der Waals surface area (Å²) in [5.74, 6) is -0.216. The van der Waals surface area contributed by atoms with Gasteiger partial charge in [-0.1, -0.05) is 18.2 Å². The van der Waals surface area contributed by atoms with Crippen molar-refractivity contribution in [2.45, 2.75) is 13.5 Å². The van der Waals surface area contributed by atoms with E-state index >= 15 is 0 Å². The van der Waals surface area contributed by atoms with Gasteiger partial charge in [-0.25, -0.2) is 0 Å². The molecule has 0 bridgehead atoms. The number of hydrogen-bond acceptors (Lipinski definition) is 2. The van der Waals surface area contributed by atoms with E-state index in [0.717, 1.165) is 10.9 Å². The fraction of sp³-hybridized carbons (Fsp3) is 0.250. The standard InChI is InChI=1S/C12H12NO2/c1-2-15-12(14)9-13-8-7-10-5-3-4-6-11(10)13/h3-6,8H,2,9H2,1H3. The largest absolute Gasteiger partial charge is 0.465 e. The van der Waals surface area contributed by atoms with Crippen LogP contribution in [0.1, 0.15) is 6.92 Å². The molecule has 0 aliphatic carbocycles. The zero-order chi connectivity index (χ0) is 10.7. The summed E-state index contributed by atoms with van der Waals surface area (Å²) in [6.45, 7) is 2.47. The number of carbonyl (C=O) groups is 1. The second kappa shape index (κ2) is 4.17. The summed E-state index contributed by atoms with van der Waals surface area (Å²) in [5, 5.41) is 1.02. The first-order chi connectivity index (χ1) is 7.31. The molecule has 0 saturated carbocycles. The summed E-state index contributed by atoms with van der Waals surface area (Å²) >= 11 is 0. The zero-order valence-electron chi connectivity index (χ0n) is 8.56. The number of para-hydroxylation sites is 1. The number of esters is 1. The molecule has 3 nitrogen and oxygen atoms in total. The quantitative estimate of drug-likeness (QED) is 0.713. The van der Waals surface area contributed by atoms with Crippen molar-refractivity contribution >= 4 is 16.9 Å². The van der Waals surface area contributed by atoms with Crippen LogP contribution in [0.15, 0.2) is 30.5 Å². The summed E-state index contributed by atoms with van der Waals surface area (Å²) < 4.78 is 6.73. The fourth-order valence-corrected chi connectivity index (χ4v) is 1.54. The molecule has 0 unspecified atom stereocenters. The van der Waals surface area contributed by atoms with Gasteiger partial charge < -0.3 is 9.30 Å². The van der Waals surface area contributed by atoms with Gasteiger partial charge in [-0.3, -0.25) is 4.79 Å². The van der Waals surface area contributed by atoms with E-state index in [1.165, 1.54) is 0 Å². The number of fused-ring (bicyclic) bond motifs is 1. The zero-order valence-corrected chi connectivity index (χ0v) is 8.56. The molecular weight excluding hydrogens is 190 g/mol. The van der Waals surface area contributed by atoms with Crippen LogP contribution in [0.4, 0.5) is 0 Å². The highest BCUT2D eigenvalue weighted by Gasteiger charge is 2.05. The molecule has 1 radical (unpaired) electrons. The molecule has 2 aromatic rings. The predicted molar refractivity (Wildman–Crippen MR) is 57.4 cm³/mol. The molecule has 0 fully saturated rings. The Kier molecular flexibility index (Phi) is 2.72. The van der Waals surface area contributed by atoms with Gasteiger partial charge in [0, 0.05) is 23.2 Å². The molecule has 77 valence electrons. The van der Waals surface area contributed by atoms with Crippen molar-refractivity contribution in [3.8, 4) is 0 Å². The average Bonchev–Trinajstić information content (AvgIpc) is 2.62. The van der Waals surface area contributed by atoms with Crippen LogP contribution in [-0.4, -0.2) is 17.1 Å². The van der Waals surface area contributed by atoms with Gasteiger partial charge in [0.05, 0.1) is 6.61 Å². The number of carbonyl (C=O) groups excluding carboxylic acids is 1. The van der Waals surface area contributed by atoms with E-state index in [1.54, 1.807) is 13.1 Å². The maximum absolute atomic E-state index is 11.3. The third-order valence-electron chi connectivity index (χ3n) is 2.19. The predicted octanol–water partition coefficient (Wildman–Crippen LogP) is 2.00. The second-order valence-electron chi connectivity index (χ2n) is 3.22. The molecule has 0 amide bonds. The normalized spacial score (nSPS) is 10.5. The lowest BCUT2D eigenvalue weighted by Crippen LogP contribution is -2.12. The Morgan fingerprint density at radius 1 is 1.47 bits per heavy atom. The average molecular weight is 202 g/mol. The number of benzene rings is 1. The van der Waals surface area contributed by atoms with E-state index in [0.29, 0.717) is 6.61 Å². The molecule has 1 aromatic heterocycles. The highest BCUT2D eigenvalue weighted by atomic mass is 16.5. The van der Waals surface area contributed by atoms with Crippen LogP contribution in [0, 0.1) is 6.07 Å². The van der Waals surface area contributed by atoms with Crippen LogP contribution in [0.25, 0.3) is 10.9 Å². The lowest BCUT2D eigenvalue weighted by atomic mass is 10.2. The Morgan fingerprint density at radius 2 is 2.27 bits per heavy atom. The number of rotatable bonds is 3. The van der Waals surface area contributed by atoms with Crippen LogP contribution in [0.2, 0.25) is 0 Å². The molecule has 1 heterocycles. The Labute approximate surface area is 88.3 Å². The summed E-state index contributed by atoms with van der Waals surface area (Å²) in [7, 11) is 0. The van der Waals surface area contributed by atoms with Gasteiger partial charge >= 0.3 is 5.97 Å². The van der Waals surface area contributed by atoms with Gasteiger partial charge in [0.1, 0.15) is 6.54 Å². The molecule has 0 spiro atoms. The van der Waals surface area contributed by atoms with E-state index in [4.69, 9.17) is 4.74 Å². The van der Waals surface area contributed by atoms with Crippen molar-refractivity contribution in [3.05, 3.63) is 36.5 Å². The van der Waals surface area contributed by atoms with Crippen molar-refractivity contribution in [1.29, 1.82) is 0 Å². The van der Waals surface area contributed by atoms with Crippen molar-refractivity contribution in [3.63, 3.8) is 0 Å². The third kappa shape index (κ3) is 2.01. The minimum absolute atomic E-state index is 0.216. The highest BCUT2D eigenvalue weighted by molar-refractivity contribution is 5.81. The molecule has 2 rings (SSSR count). The van der Waals surface area contributed by atoms with Crippen LogP contribution in [0.3, 0.4) is 0 Å². The molecule has 0 aliphatic rings. The second-order valence-corrected chi connectivity index (χ2v) is 3.22. The van der Waals surface area contributed by atoms with Crippen LogP contribution in [-0.2, 0) is 16.1 Å². The van der Waals surface area contributed by atoms with E-state index in [1.807, 2.05) is 28.8 Å². The summed E-state index contributed by atoms with van der Waals surface area (Å²) in [6.07, 6.45) is 1.78. The van der Waals surface area contributed by atoms with Crippen molar-refractivity contribution < 1.29 is 9.53 Å². The van der Waals surface area contributed by atoms with Gasteiger partial charge in [-0.05, 0) is 13.0 Å². The van der Waals surface area contributed by atoms with Gasteiger partial charge in [0.2, 0.25) is 0 Å². The lowest BCUT2D eigenvalue weighted by Gasteiger charge is -2.04. The first kappa shape index (κ1) is 9.77. The topological polar surface area (TPSA) is 31.2 Å². The van der Waals surface area contributed by atoms with E-state index in [2.05, 4.69) is 6.07 Å². The fourth-order valence-electron chi connectivity index (χ4n) is 1.54. The minimum Gasteiger partial charge on any atom is -0.465 e. The van der Waals surface area contributed by atoms with Gasteiger partial charge in [-0.2, -0.15) is 0 Å². The summed E-state index contributed by atoms with van der Waals surface area (Å²) in [6, 6.07) is 10.9. The van der Waals surface area contributed by atoms with Crippen LogP contribution >= 0.6 is 0 Å². The van der Waals surface area contributed by atoms with E-state index in [-0.39, 0.29) is 12.5 Å². The highest BCUT2D eigenvalue weighted by Crippen LogP contribution is 2.14. The number of aromatic nitrogens is 1. The van der Waals surface area contributed by atoms with Crippen molar-refractivity contribution in [2.24, 2.45) is 0 Å². The SMILES string of the molecule is CCOC(=O)Cn1c[c]c2ccccc21. The Balaban J connectivity index is 2.25. The molecule has 0 saturated heterocycles. The maximum Gasteiger partial charge on any atom is 0.325 e. The molecule has 1 aromatic carbocycles. The lowest BCUT2D eigenvalue weighted by molar-refractivity contribution is -0.143. The molecule has 0 aliphatic heterocycles. The van der Waals surface area contributed by atoms with Crippen LogP contribution in [0.5, 0.6) is 0 Å². The first-order valence-electron chi connectivity index (χ1n) is 4.92. The van der Waals surface area contributed by atoms with Gasteiger partial charge in [0.15, 0.2) is 0 Å². The Morgan fingerprint density at radius 3 is 3.07 bits per heavy atom.